The van der Waals surface area contributed by atoms with Gasteiger partial charge in [0.15, 0.2) is 0 Å². The Morgan fingerprint density at radius 3 is 2.78 bits per heavy atom. The van der Waals surface area contributed by atoms with E-state index in [9.17, 15) is 18.0 Å². The summed E-state index contributed by atoms with van der Waals surface area (Å²) in [5, 5.41) is 0. The SMILES string of the molecule is COC(=O)C1COc2c(cccc2C(F)(F)F)C1. The first-order valence-corrected chi connectivity index (χ1v) is 5.33. The Kier molecular flexibility index (Phi) is 3.19. The number of carbonyl (C=O) groups excluding carboxylic acids is 1. The summed E-state index contributed by atoms with van der Waals surface area (Å²) in [6.45, 7) is -0.0905. The second kappa shape index (κ2) is 4.51. The largest absolute Gasteiger partial charge is 0.492 e. The number of fused-ring (bicyclic) bond motifs is 1. The molecule has 1 aromatic rings. The smallest absolute Gasteiger partial charge is 0.419 e. The van der Waals surface area contributed by atoms with Crippen molar-refractivity contribution in [1.82, 2.24) is 0 Å². The van der Waals surface area contributed by atoms with Crippen molar-refractivity contribution in [2.75, 3.05) is 13.7 Å². The predicted octanol–water partition coefficient (Wildman–Crippen LogP) is 2.43. The van der Waals surface area contributed by atoms with Crippen molar-refractivity contribution in [2.24, 2.45) is 5.92 Å². The van der Waals surface area contributed by atoms with Gasteiger partial charge in [-0.3, -0.25) is 4.79 Å². The molecule has 0 bridgehead atoms. The fourth-order valence-corrected chi connectivity index (χ4v) is 1.97. The van der Waals surface area contributed by atoms with Gasteiger partial charge in [0, 0.05) is 0 Å². The third-order valence-electron chi connectivity index (χ3n) is 2.83. The molecule has 0 N–H and O–H groups in total. The zero-order chi connectivity index (χ0) is 13.3. The fourth-order valence-electron chi connectivity index (χ4n) is 1.97. The van der Waals surface area contributed by atoms with Gasteiger partial charge < -0.3 is 9.47 Å². The maximum absolute atomic E-state index is 12.7. The summed E-state index contributed by atoms with van der Waals surface area (Å²) >= 11 is 0. The minimum atomic E-state index is -4.45. The number of alkyl halides is 3. The third-order valence-corrected chi connectivity index (χ3v) is 2.83. The van der Waals surface area contributed by atoms with Gasteiger partial charge in [-0.25, -0.2) is 0 Å². The van der Waals surface area contributed by atoms with Gasteiger partial charge in [0.25, 0.3) is 0 Å². The Labute approximate surface area is 102 Å². The lowest BCUT2D eigenvalue weighted by Crippen LogP contribution is -2.30. The van der Waals surface area contributed by atoms with Crippen LogP contribution >= 0.6 is 0 Å². The lowest BCUT2D eigenvalue weighted by Gasteiger charge is -2.26. The quantitative estimate of drug-likeness (QED) is 0.727. The molecule has 0 radical (unpaired) electrons. The number of halogens is 3. The van der Waals surface area contributed by atoms with Crippen LogP contribution in [0.4, 0.5) is 13.2 Å². The average Bonchev–Trinajstić information content (AvgIpc) is 2.35. The molecular weight excluding hydrogens is 249 g/mol. The van der Waals surface area contributed by atoms with E-state index >= 15 is 0 Å². The molecule has 1 aliphatic heterocycles. The van der Waals surface area contributed by atoms with E-state index in [1.807, 2.05) is 0 Å². The Morgan fingerprint density at radius 2 is 2.17 bits per heavy atom. The average molecular weight is 260 g/mol. The van der Waals surface area contributed by atoms with Gasteiger partial charge in [0.05, 0.1) is 18.6 Å². The minimum Gasteiger partial charge on any atom is -0.492 e. The van der Waals surface area contributed by atoms with Crippen molar-refractivity contribution < 1.29 is 27.4 Å². The van der Waals surface area contributed by atoms with E-state index in [2.05, 4.69) is 4.74 Å². The van der Waals surface area contributed by atoms with Gasteiger partial charge in [0.1, 0.15) is 12.4 Å². The van der Waals surface area contributed by atoms with Crippen LogP contribution in [0.2, 0.25) is 0 Å². The lowest BCUT2D eigenvalue weighted by molar-refractivity contribution is -0.147. The van der Waals surface area contributed by atoms with Crippen molar-refractivity contribution in [3.05, 3.63) is 29.3 Å². The van der Waals surface area contributed by atoms with Gasteiger partial charge >= 0.3 is 12.1 Å². The molecule has 0 saturated carbocycles. The van der Waals surface area contributed by atoms with Crippen LogP contribution in [-0.4, -0.2) is 19.7 Å². The summed E-state index contributed by atoms with van der Waals surface area (Å²) in [4.78, 5) is 11.3. The topological polar surface area (TPSA) is 35.5 Å². The van der Waals surface area contributed by atoms with E-state index in [0.29, 0.717) is 5.56 Å². The maximum atomic E-state index is 12.7. The third kappa shape index (κ3) is 2.27. The Balaban J connectivity index is 2.33. The van der Waals surface area contributed by atoms with Gasteiger partial charge in [-0.05, 0) is 18.1 Å². The number of hydrogen-bond acceptors (Lipinski definition) is 3. The molecule has 0 aliphatic carbocycles. The highest BCUT2D eigenvalue weighted by molar-refractivity contribution is 5.73. The number of ether oxygens (including phenoxy) is 2. The number of hydrogen-bond donors (Lipinski definition) is 0. The minimum absolute atomic E-state index is 0.0905. The van der Waals surface area contributed by atoms with Gasteiger partial charge in [0.2, 0.25) is 0 Å². The zero-order valence-electron chi connectivity index (χ0n) is 9.58. The van der Waals surface area contributed by atoms with Crippen molar-refractivity contribution in [3.63, 3.8) is 0 Å². The van der Waals surface area contributed by atoms with E-state index < -0.39 is 23.6 Å². The second-order valence-electron chi connectivity index (χ2n) is 4.03. The molecule has 1 heterocycles. The molecule has 0 amide bonds. The molecule has 98 valence electrons. The molecule has 18 heavy (non-hydrogen) atoms. The number of carbonyl (C=O) groups is 1. The molecule has 2 rings (SSSR count). The number of benzene rings is 1. The standard InChI is InChI=1S/C12H11F3O3/c1-17-11(16)8-5-7-3-2-4-9(12(13,14)15)10(7)18-6-8/h2-4,8H,5-6H2,1H3. The summed E-state index contributed by atoms with van der Waals surface area (Å²) in [5.41, 5.74) is -0.421. The first kappa shape index (κ1) is 12.7. The van der Waals surface area contributed by atoms with Gasteiger partial charge in [-0.2, -0.15) is 13.2 Å². The van der Waals surface area contributed by atoms with E-state index in [0.717, 1.165) is 6.07 Å². The highest BCUT2D eigenvalue weighted by Gasteiger charge is 2.38. The van der Waals surface area contributed by atoms with Crippen LogP contribution in [0.3, 0.4) is 0 Å². The number of para-hydroxylation sites is 1. The van der Waals surface area contributed by atoms with Crippen LogP contribution in [0.15, 0.2) is 18.2 Å². The molecule has 1 unspecified atom stereocenters. The summed E-state index contributed by atoms with van der Waals surface area (Å²) in [7, 11) is 1.24. The van der Waals surface area contributed by atoms with Crippen LogP contribution in [0.1, 0.15) is 11.1 Å². The number of esters is 1. The first-order valence-electron chi connectivity index (χ1n) is 5.33. The summed E-state index contributed by atoms with van der Waals surface area (Å²) < 4.78 is 47.8. The molecule has 3 nitrogen and oxygen atoms in total. The molecule has 0 aromatic heterocycles. The first-order chi connectivity index (χ1) is 8.43. The predicted molar refractivity (Wildman–Crippen MR) is 56.1 cm³/mol. The van der Waals surface area contributed by atoms with Crippen LogP contribution < -0.4 is 4.74 Å². The van der Waals surface area contributed by atoms with Crippen LogP contribution in [0.25, 0.3) is 0 Å². The van der Waals surface area contributed by atoms with E-state index in [-0.39, 0.29) is 18.8 Å². The summed E-state index contributed by atoms with van der Waals surface area (Å²) in [6, 6.07) is 3.81. The molecular formula is C12H11F3O3. The van der Waals surface area contributed by atoms with Crippen molar-refractivity contribution in [1.29, 1.82) is 0 Å². The van der Waals surface area contributed by atoms with Crippen molar-refractivity contribution in [2.45, 2.75) is 12.6 Å². The Hall–Kier alpha value is -1.72. The van der Waals surface area contributed by atoms with E-state index in [4.69, 9.17) is 4.74 Å². The summed E-state index contributed by atoms with van der Waals surface area (Å²) in [6.07, 6.45) is -4.25. The van der Waals surface area contributed by atoms with E-state index in [1.54, 1.807) is 0 Å². The highest BCUT2D eigenvalue weighted by Crippen LogP contribution is 2.40. The summed E-state index contributed by atoms with van der Waals surface area (Å²) in [5.74, 6) is -1.20. The molecule has 1 aromatic carbocycles. The van der Waals surface area contributed by atoms with Crippen LogP contribution in [0, 0.1) is 5.92 Å². The molecule has 1 atom stereocenters. The zero-order valence-corrected chi connectivity index (χ0v) is 9.58. The highest BCUT2D eigenvalue weighted by atomic mass is 19.4. The maximum Gasteiger partial charge on any atom is 0.419 e. The van der Waals surface area contributed by atoms with Gasteiger partial charge in [-0.15, -0.1) is 0 Å². The Bertz CT molecular complexity index is 468. The molecule has 0 fully saturated rings. The van der Waals surface area contributed by atoms with Crippen LogP contribution in [0.5, 0.6) is 5.75 Å². The normalized spacial score (nSPS) is 18.8. The molecule has 0 saturated heterocycles. The molecule has 0 spiro atoms. The van der Waals surface area contributed by atoms with Crippen molar-refractivity contribution in [3.8, 4) is 5.75 Å². The number of methoxy groups -OCH3 is 1. The fraction of sp³-hybridized carbons (Fsp3) is 0.417. The molecule has 6 heteroatoms. The Morgan fingerprint density at radius 1 is 1.44 bits per heavy atom. The van der Waals surface area contributed by atoms with Gasteiger partial charge in [-0.1, -0.05) is 12.1 Å². The number of rotatable bonds is 1. The van der Waals surface area contributed by atoms with Crippen LogP contribution in [-0.2, 0) is 22.1 Å². The van der Waals surface area contributed by atoms with E-state index in [1.165, 1.54) is 19.2 Å². The molecule has 1 aliphatic rings. The van der Waals surface area contributed by atoms with Crippen molar-refractivity contribution >= 4 is 5.97 Å². The second-order valence-corrected chi connectivity index (χ2v) is 4.03. The monoisotopic (exact) mass is 260 g/mol. The lowest BCUT2D eigenvalue weighted by atomic mass is 9.94.